The van der Waals surface area contributed by atoms with Gasteiger partial charge in [0.15, 0.2) is 0 Å². The molecule has 6 heteroatoms. The van der Waals surface area contributed by atoms with E-state index in [1.54, 1.807) is 6.07 Å². The first-order chi connectivity index (χ1) is 7.10. The van der Waals surface area contributed by atoms with Crippen LogP contribution in [0.15, 0.2) is 6.07 Å². The molecule has 0 saturated carbocycles. The zero-order valence-electron chi connectivity index (χ0n) is 7.74. The number of nitrogens with two attached hydrogens (primary N) is 1. The number of halogens is 2. The fraction of sp³-hybridized carbons (Fsp3) is 0.333. The predicted octanol–water partition coefficient (Wildman–Crippen LogP) is 1.25. The smallest absolute Gasteiger partial charge is 0.267 e. The molecule has 0 saturated heterocycles. The first-order valence-electron chi connectivity index (χ1n) is 4.17. The van der Waals surface area contributed by atoms with Gasteiger partial charge in [-0.25, -0.2) is 8.78 Å². The summed E-state index contributed by atoms with van der Waals surface area (Å²) in [5.41, 5.74) is 4.90. The lowest BCUT2D eigenvalue weighted by Crippen LogP contribution is -2.05. The molecule has 0 fully saturated rings. The van der Waals surface area contributed by atoms with E-state index < -0.39 is 17.7 Å². The van der Waals surface area contributed by atoms with Crippen molar-refractivity contribution in [3.63, 3.8) is 0 Å². The van der Waals surface area contributed by atoms with Crippen molar-refractivity contribution < 1.29 is 13.9 Å². The van der Waals surface area contributed by atoms with Crippen LogP contribution in [0.5, 0.6) is 5.75 Å². The van der Waals surface area contributed by atoms with Crippen LogP contribution >= 0.6 is 0 Å². The van der Waals surface area contributed by atoms with E-state index in [1.165, 1.54) is 0 Å². The van der Waals surface area contributed by atoms with Gasteiger partial charge in [-0.3, -0.25) is 4.98 Å². The van der Waals surface area contributed by atoms with Gasteiger partial charge in [-0.2, -0.15) is 5.26 Å². The van der Waals surface area contributed by atoms with Crippen LogP contribution in [0, 0.1) is 11.3 Å². The van der Waals surface area contributed by atoms with Crippen molar-refractivity contribution in [1.29, 1.82) is 5.26 Å². The Hall–Kier alpha value is -1.74. The van der Waals surface area contributed by atoms with Crippen molar-refractivity contribution in [2.75, 3.05) is 0 Å². The summed E-state index contributed by atoms with van der Waals surface area (Å²) in [6, 6.07) is 2.78. The maximum absolute atomic E-state index is 12.5. The number of aromatic nitrogens is 1. The Morgan fingerprint density at radius 3 is 2.73 bits per heavy atom. The third kappa shape index (κ3) is 2.39. The Morgan fingerprint density at radius 1 is 1.60 bits per heavy atom. The zero-order valence-corrected chi connectivity index (χ0v) is 7.74. The summed E-state index contributed by atoms with van der Waals surface area (Å²) < 4.78 is 24.9. The third-order valence-electron chi connectivity index (χ3n) is 1.84. The molecular weight excluding hydrogens is 204 g/mol. The van der Waals surface area contributed by atoms with Gasteiger partial charge in [-0.05, 0) is 6.07 Å². The molecule has 0 unspecified atom stereocenters. The molecule has 1 aromatic heterocycles. The highest BCUT2D eigenvalue weighted by Gasteiger charge is 2.18. The van der Waals surface area contributed by atoms with Gasteiger partial charge in [0, 0.05) is 6.54 Å². The minimum Gasteiger partial charge on any atom is -0.505 e. The summed E-state index contributed by atoms with van der Waals surface area (Å²) in [5, 5.41) is 17.8. The number of hydrogen-bond donors (Lipinski definition) is 2. The molecule has 0 radical (unpaired) electrons. The van der Waals surface area contributed by atoms with Crippen LogP contribution < -0.4 is 5.73 Å². The number of nitriles is 1. The van der Waals surface area contributed by atoms with Crippen LogP contribution in [0.25, 0.3) is 0 Å². The molecule has 1 heterocycles. The average molecular weight is 213 g/mol. The molecule has 1 rings (SSSR count). The summed E-state index contributed by atoms with van der Waals surface area (Å²) in [4.78, 5) is 3.79. The van der Waals surface area contributed by atoms with Gasteiger partial charge < -0.3 is 10.8 Å². The lowest BCUT2D eigenvalue weighted by atomic mass is 10.1. The quantitative estimate of drug-likeness (QED) is 0.791. The molecule has 80 valence electrons. The number of hydrogen-bond acceptors (Lipinski definition) is 4. The number of nitrogens with zero attached hydrogens (tertiary/aromatic N) is 2. The topological polar surface area (TPSA) is 82.9 Å². The van der Waals surface area contributed by atoms with E-state index in [2.05, 4.69) is 4.98 Å². The fourth-order valence-corrected chi connectivity index (χ4v) is 1.14. The van der Waals surface area contributed by atoms with E-state index >= 15 is 0 Å². The maximum Gasteiger partial charge on any atom is 0.267 e. The second kappa shape index (κ2) is 4.66. The van der Waals surface area contributed by atoms with E-state index in [9.17, 15) is 13.9 Å². The van der Waals surface area contributed by atoms with Gasteiger partial charge in [0.05, 0.1) is 29.4 Å². The Labute approximate surface area is 85.0 Å². The summed E-state index contributed by atoms with van der Waals surface area (Å²) in [6.07, 6.45) is -3.03. The van der Waals surface area contributed by atoms with E-state index in [-0.39, 0.29) is 24.4 Å². The molecule has 0 aliphatic heterocycles. The Bertz CT molecular complexity index is 401. The number of pyridine rings is 1. The van der Waals surface area contributed by atoms with Gasteiger partial charge in [-0.1, -0.05) is 0 Å². The van der Waals surface area contributed by atoms with Crippen LogP contribution in [0.3, 0.4) is 0 Å². The SMILES string of the molecule is N#CCc1nc(CN)cc(C(F)F)c1O. The predicted molar refractivity (Wildman–Crippen MR) is 48.1 cm³/mol. The molecule has 0 amide bonds. The van der Waals surface area contributed by atoms with E-state index in [0.29, 0.717) is 0 Å². The molecule has 0 aliphatic carbocycles. The molecule has 0 spiro atoms. The summed E-state index contributed by atoms with van der Waals surface area (Å²) in [7, 11) is 0. The van der Waals surface area contributed by atoms with Crippen LogP contribution in [0.2, 0.25) is 0 Å². The highest BCUT2D eigenvalue weighted by atomic mass is 19.3. The molecule has 0 aliphatic rings. The molecule has 0 atom stereocenters. The first kappa shape index (κ1) is 11.3. The molecule has 0 aromatic carbocycles. The van der Waals surface area contributed by atoms with Gasteiger partial charge in [0.1, 0.15) is 5.75 Å². The molecule has 3 N–H and O–H groups in total. The van der Waals surface area contributed by atoms with Crippen molar-refractivity contribution in [2.24, 2.45) is 5.73 Å². The normalized spacial score (nSPS) is 10.3. The summed E-state index contributed by atoms with van der Waals surface area (Å²) in [5.74, 6) is -0.622. The molecule has 4 nitrogen and oxygen atoms in total. The van der Waals surface area contributed by atoms with Crippen molar-refractivity contribution >= 4 is 0 Å². The molecular formula is C9H9F2N3O. The minimum atomic E-state index is -2.81. The first-order valence-corrected chi connectivity index (χ1v) is 4.17. The third-order valence-corrected chi connectivity index (χ3v) is 1.84. The second-order valence-corrected chi connectivity index (χ2v) is 2.84. The summed E-state index contributed by atoms with van der Waals surface area (Å²) >= 11 is 0. The number of alkyl halides is 2. The van der Waals surface area contributed by atoms with Crippen LogP contribution in [0.1, 0.15) is 23.4 Å². The molecule has 1 aromatic rings. The lowest BCUT2D eigenvalue weighted by molar-refractivity contribution is 0.147. The lowest BCUT2D eigenvalue weighted by Gasteiger charge is -2.08. The number of rotatable bonds is 3. The van der Waals surface area contributed by atoms with Gasteiger partial charge in [0.2, 0.25) is 0 Å². The highest BCUT2D eigenvalue weighted by molar-refractivity contribution is 5.39. The monoisotopic (exact) mass is 213 g/mol. The molecule has 15 heavy (non-hydrogen) atoms. The second-order valence-electron chi connectivity index (χ2n) is 2.84. The van der Waals surface area contributed by atoms with Crippen LogP contribution in [0.4, 0.5) is 8.78 Å². The van der Waals surface area contributed by atoms with E-state index in [1.807, 2.05) is 0 Å². The van der Waals surface area contributed by atoms with Crippen molar-refractivity contribution in [2.45, 2.75) is 19.4 Å². The van der Waals surface area contributed by atoms with Gasteiger partial charge in [-0.15, -0.1) is 0 Å². The molecule has 0 bridgehead atoms. The van der Waals surface area contributed by atoms with Gasteiger partial charge >= 0.3 is 0 Å². The van der Waals surface area contributed by atoms with E-state index in [4.69, 9.17) is 11.0 Å². The Balaban J connectivity index is 3.28. The summed E-state index contributed by atoms with van der Waals surface area (Å²) in [6.45, 7) is -0.0154. The zero-order chi connectivity index (χ0) is 11.4. The van der Waals surface area contributed by atoms with Crippen LogP contribution in [-0.2, 0) is 13.0 Å². The van der Waals surface area contributed by atoms with Crippen LogP contribution in [-0.4, -0.2) is 10.1 Å². The maximum atomic E-state index is 12.5. The minimum absolute atomic E-state index is 0.0154. The van der Waals surface area contributed by atoms with Crippen molar-refractivity contribution in [1.82, 2.24) is 4.98 Å². The van der Waals surface area contributed by atoms with Gasteiger partial charge in [0.25, 0.3) is 6.43 Å². The number of aromatic hydroxyl groups is 1. The fourth-order valence-electron chi connectivity index (χ4n) is 1.14. The Kier molecular flexibility index (Phi) is 3.52. The Morgan fingerprint density at radius 2 is 2.27 bits per heavy atom. The standard InChI is InChI=1S/C9H9F2N3O/c10-9(11)6-3-5(4-13)14-7(1-2-12)8(6)15/h3,9,15H,1,4,13H2. The van der Waals surface area contributed by atoms with Crippen molar-refractivity contribution in [3.05, 3.63) is 23.0 Å². The van der Waals surface area contributed by atoms with E-state index in [0.717, 1.165) is 6.07 Å². The average Bonchev–Trinajstić information content (AvgIpc) is 2.21. The van der Waals surface area contributed by atoms with Crippen molar-refractivity contribution in [3.8, 4) is 11.8 Å². The highest BCUT2D eigenvalue weighted by Crippen LogP contribution is 2.31. The largest absolute Gasteiger partial charge is 0.505 e.